The predicted molar refractivity (Wildman–Crippen MR) is 123 cm³/mol. The largest absolute Gasteiger partial charge is 0.352 e. The average molecular weight is 412 g/mol. The first-order valence-electron chi connectivity index (χ1n) is 10.5. The van der Waals surface area contributed by atoms with Crippen LogP contribution in [0.3, 0.4) is 0 Å². The van der Waals surface area contributed by atoms with Crippen molar-refractivity contribution in [3.63, 3.8) is 0 Å². The van der Waals surface area contributed by atoms with Crippen LogP contribution in [0.15, 0.2) is 83.8 Å². The van der Waals surface area contributed by atoms with E-state index in [0.29, 0.717) is 18.7 Å². The molecular formula is C26H25N3O2. The Morgan fingerprint density at radius 2 is 1.74 bits per heavy atom. The molecule has 1 amide bonds. The van der Waals surface area contributed by atoms with Crippen molar-refractivity contribution in [1.82, 2.24) is 14.9 Å². The molecule has 0 bridgehead atoms. The lowest BCUT2D eigenvalue weighted by Gasteiger charge is -2.13. The summed E-state index contributed by atoms with van der Waals surface area (Å²) in [4.78, 5) is 30.4. The third-order valence-electron chi connectivity index (χ3n) is 5.32. The average Bonchev–Trinajstić information content (AvgIpc) is 2.80. The Balaban J connectivity index is 1.55. The van der Waals surface area contributed by atoms with Gasteiger partial charge in [0.1, 0.15) is 11.2 Å². The SMILES string of the molecule is Cc1ccc(Cn2c(=O)c(C(=O)NCCCc3ccccc3)cc3cccnc32)cc1. The van der Waals surface area contributed by atoms with E-state index in [2.05, 4.69) is 22.4 Å². The summed E-state index contributed by atoms with van der Waals surface area (Å²) in [6.07, 6.45) is 3.35. The number of hydrogen-bond acceptors (Lipinski definition) is 3. The number of hydrogen-bond donors (Lipinski definition) is 1. The quantitative estimate of drug-likeness (QED) is 0.466. The van der Waals surface area contributed by atoms with E-state index in [9.17, 15) is 9.59 Å². The fraction of sp³-hybridized carbons (Fsp3) is 0.192. The Bertz CT molecular complexity index is 1250. The Labute approximate surface area is 181 Å². The Morgan fingerprint density at radius 3 is 2.52 bits per heavy atom. The van der Waals surface area contributed by atoms with Gasteiger partial charge in [-0.05, 0) is 49.1 Å². The van der Waals surface area contributed by atoms with Gasteiger partial charge >= 0.3 is 0 Å². The summed E-state index contributed by atoms with van der Waals surface area (Å²) in [5, 5.41) is 3.67. The lowest BCUT2D eigenvalue weighted by molar-refractivity contribution is 0.0951. The highest BCUT2D eigenvalue weighted by Crippen LogP contribution is 2.13. The van der Waals surface area contributed by atoms with Crippen LogP contribution < -0.4 is 10.9 Å². The van der Waals surface area contributed by atoms with Crippen molar-refractivity contribution in [1.29, 1.82) is 0 Å². The highest BCUT2D eigenvalue weighted by Gasteiger charge is 2.16. The van der Waals surface area contributed by atoms with Crippen LogP contribution >= 0.6 is 0 Å². The van der Waals surface area contributed by atoms with Gasteiger partial charge in [0.2, 0.25) is 0 Å². The molecule has 1 N–H and O–H groups in total. The molecule has 0 unspecified atom stereocenters. The van der Waals surface area contributed by atoms with E-state index in [1.54, 1.807) is 16.8 Å². The van der Waals surface area contributed by atoms with Crippen molar-refractivity contribution in [2.24, 2.45) is 0 Å². The van der Waals surface area contributed by atoms with Crippen molar-refractivity contribution in [3.05, 3.63) is 112 Å². The zero-order valence-electron chi connectivity index (χ0n) is 17.5. The van der Waals surface area contributed by atoms with Gasteiger partial charge in [-0.1, -0.05) is 60.2 Å². The normalized spacial score (nSPS) is 10.9. The number of rotatable bonds is 7. The minimum Gasteiger partial charge on any atom is -0.352 e. The van der Waals surface area contributed by atoms with Gasteiger partial charge in [-0.15, -0.1) is 0 Å². The van der Waals surface area contributed by atoms with E-state index in [4.69, 9.17) is 0 Å². The molecule has 5 nitrogen and oxygen atoms in total. The van der Waals surface area contributed by atoms with E-state index in [1.807, 2.05) is 61.5 Å². The summed E-state index contributed by atoms with van der Waals surface area (Å²) in [6, 6.07) is 23.5. The lowest BCUT2D eigenvalue weighted by atomic mass is 10.1. The van der Waals surface area contributed by atoms with Crippen LogP contribution in [0.1, 0.15) is 33.5 Å². The molecule has 4 aromatic rings. The van der Waals surface area contributed by atoms with Crippen molar-refractivity contribution in [2.75, 3.05) is 6.54 Å². The number of amides is 1. The van der Waals surface area contributed by atoms with E-state index >= 15 is 0 Å². The molecule has 2 heterocycles. The number of nitrogens with zero attached hydrogens (tertiary/aromatic N) is 2. The molecule has 5 heteroatoms. The van der Waals surface area contributed by atoms with Gasteiger partial charge in [0.25, 0.3) is 11.5 Å². The molecule has 0 radical (unpaired) electrons. The summed E-state index contributed by atoms with van der Waals surface area (Å²) in [6.45, 7) is 2.90. The Morgan fingerprint density at radius 1 is 0.968 bits per heavy atom. The molecule has 31 heavy (non-hydrogen) atoms. The van der Waals surface area contributed by atoms with E-state index in [0.717, 1.165) is 29.4 Å². The molecule has 0 aliphatic heterocycles. The van der Waals surface area contributed by atoms with Gasteiger partial charge in [-0.3, -0.25) is 14.2 Å². The molecule has 156 valence electrons. The Hall–Kier alpha value is -3.73. The first kappa shape index (κ1) is 20.5. The zero-order chi connectivity index (χ0) is 21.6. The van der Waals surface area contributed by atoms with Crippen LogP contribution in [0, 0.1) is 6.92 Å². The topological polar surface area (TPSA) is 64.0 Å². The van der Waals surface area contributed by atoms with E-state index in [-0.39, 0.29) is 17.0 Å². The van der Waals surface area contributed by atoms with Crippen LogP contribution in [0.2, 0.25) is 0 Å². The highest BCUT2D eigenvalue weighted by atomic mass is 16.2. The molecule has 0 atom stereocenters. The van der Waals surface area contributed by atoms with Gasteiger partial charge in [0.05, 0.1) is 6.54 Å². The zero-order valence-corrected chi connectivity index (χ0v) is 17.5. The number of fused-ring (bicyclic) bond motifs is 1. The van der Waals surface area contributed by atoms with Crippen LogP contribution in [0.5, 0.6) is 0 Å². The molecule has 2 aromatic carbocycles. The molecule has 0 saturated heterocycles. The molecule has 2 aromatic heterocycles. The first-order chi connectivity index (χ1) is 15.1. The van der Waals surface area contributed by atoms with Crippen LogP contribution in [-0.2, 0) is 13.0 Å². The third kappa shape index (κ3) is 4.89. The second-order valence-electron chi connectivity index (χ2n) is 7.70. The Kier molecular flexibility index (Phi) is 6.22. The van der Waals surface area contributed by atoms with Crippen molar-refractivity contribution in [3.8, 4) is 0 Å². The number of carbonyl (C=O) groups excluding carboxylic acids is 1. The number of nitrogens with one attached hydrogen (secondary N) is 1. The second kappa shape index (κ2) is 9.39. The molecule has 0 fully saturated rings. The number of aryl methyl sites for hydroxylation is 2. The van der Waals surface area contributed by atoms with Gasteiger partial charge in [-0.25, -0.2) is 4.98 Å². The van der Waals surface area contributed by atoms with E-state index < -0.39 is 0 Å². The van der Waals surface area contributed by atoms with Crippen LogP contribution in [0.4, 0.5) is 0 Å². The van der Waals surface area contributed by atoms with Gasteiger partial charge in [0.15, 0.2) is 0 Å². The number of pyridine rings is 2. The highest BCUT2D eigenvalue weighted by molar-refractivity contribution is 5.96. The standard InChI is InChI=1S/C26H25N3O2/c1-19-11-13-21(14-12-19)18-29-24-22(10-6-15-27-24)17-23(26(29)31)25(30)28-16-5-9-20-7-3-2-4-8-20/h2-4,6-8,10-15,17H,5,9,16,18H2,1H3,(H,28,30). The number of aromatic nitrogens is 2. The smallest absolute Gasteiger partial charge is 0.265 e. The first-order valence-corrected chi connectivity index (χ1v) is 10.5. The van der Waals surface area contributed by atoms with Crippen molar-refractivity contribution >= 4 is 16.9 Å². The maximum atomic E-state index is 13.2. The van der Waals surface area contributed by atoms with Crippen molar-refractivity contribution in [2.45, 2.75) is 26.3 Å². The van der Waals surface area contributed by atoms with Gasteiger partial charge in [0, 0.05) is 18.1 Å². The molecular weight excluding hydrogens is 386 g/mol. The summed E-state index contributed by atoms with van der Waals surface area (Å²) in [7, 11) is 0. The summed E-state index contributed by atoms with van der Waals surface area (Å²) in [5.41, 5.74) is 3.77. The lowest BCUT2D eigenvalue weighted by Crippen LogP contribution is -2.34. The second-order valence-corrected chi connectivity index (χ2v) is 7.70. The fourth-order valence-electron chi connectivity index (χ4n) is 3.63. The maximum Gasteiger partial charge on any atom is 0.265 e. The predicted octanol–water partition coefficient (Wildman–Crippen LogP) is 4.12. The molecule has 0 saturated carbocycles. The maximum absolute atomic E-state index is 13.2. The summed E-state index contributed by atoms with van der Waals surface area (Å²) < 4.78 is 1.58. The minimum absolute atomic E-state index is 0.146. The third-order valence-corrected chi connectivity index (χ3v) is 5.32. The van der Waals surface area contributed by atoms with Crippen molar-refractivity contribution < 1.29 is 4.79 Å². The molecule has 0 aliphatic carbocycles. The molecule has 0 aliphatic rings. The summed E-state index contributed by atoms with van der Waals surface area (Å²) >= 11 is 0. The van der Waals surface area contributed by atoms with Crippen LogP contribution in [0.25, 0.3) is 11.0 Å². The van der Waals surface area contributed by atoms with Gasteiger partial charge in [-0.2, -0.15) is 0 Å². The van der Waals surface area contributed by atoms with Gasteiger partial charge < -0.3 is 5.32 Å². The number of carbonyl (C=O) groups is 1. The van der Waals surface area contributed by atoms with E-state index in [1.165, 1.54) is 5.56 Å². The minimum atomic E-state index is -0.346. The number of benzene rings is 2. The summed E-state index contributed by atoms with van der Waals surface area (Å²) in [5.74, 6) is -0.346. The molecule has 0 spiro atoms. The van der Waals surface area contributed by atoms with Crippen LogP contribution in [-0.4, -0.2) is 22.0 Å². The fourth-order valence-corrected chi connectivity index (χ4v) is 3.63. The monoisotopic (exact) mass is 411 g/mol. The molecule has 4 rings (SSSR count).